The Morgan fingerprint density at radius 2 is 2.19 bits per heavy atom. The van der Waals surface area contributed by atoms with Gasteiger partial charge in [0.1, 0.15) is 0 Å². The third-order valence-corrected chi connectivity index (χ3v) is 4.53. The van der Waals surface area contributed by atoms with E-state index >= 15 is 0 Å². The van der Waals surface area contributed by atoms with E-state index in [0.717, 1.165) is 29.9 Å². The zero-order valence-electron chi connectivity index (χ0n) is 15.4. The van der Waals surface area contributed by atoms with Crippen molar-refractivity contribution < 1.29 is 14.1 Å². The number of rotatable bonds is 5. The molecule has 7 heteroatoms. The van der Waals surface area contributed by atoms with E-state index in [9.17, 15) is 9.59 Å². The van der Waals surface area contributed by atoms with Gasteiger partial charge in [-0.3, -0.25) is 14.6 Å². The molecule has 138 valence electrons. The van der Waals surface area contributed by atoms with Crippen molar-refractivity contribution in [2.45, 2.75) is 52.1 Å². The molecule has 0 spiro atoms. The monoisotopic (exact) mass is 356 g/mol. The Balaban J connectivity index is 1.78. The van der Waals surface area contributed by atoms with E-state index in [2.05, 4.69) is 15.5 Å². The first-order chi connectivity index (χ1) is 12.5. The summed E-state index contributed by atoms with van der Waals surface area (Å²) in [4.78, 5) is 30.4. The summed E-state index contributed by atoms with van der Waals surface area (Å²) in [5.41, 5.74) is 2.39. The predicted octanol–water partition coefficient (Wildman–Crippen LogP) is 2.81. The van der Waals surface area contributed by atoms with Crippen LogP contribution in [0.25, 0.3) is 0 Å². The average molecular weight is 356 g/mol. The molecule has 3 heterocycles. The number of carbonyl (C=O) groups excluding carboxylic acids is 2. The molecule has 0 aromatic carbocycles. The van der Waals surface area contributed by atoms with E-state index in [4.69, 9.17) is 4.52 Å². The van der Waals surface area contributed by atoms with Gasteiger partial charge in [-0.05, 0) is 30.9 Å². The second-order valence-corrected chi connectivity index (χ2v) is 6.89. The highest BCUT2D eigenvalue weighted by molar-refractivity contribution is 5.92. The highest BCUT2D eigenvalue weighted by Gasteiger charge is 2.33. The van der Waals surface area contributed by atoms with Crippen LogP contribution in [0.4, 0.5) is 0 Å². The van der Waals surface area contributed by atoms with Crippen LogP contribution >= 0.6 is 0 Å². The second kappa shape index (κ2) is 7.68. The zero-order valence-corrected chi connectivity index (χ0v) is 15.4. The Morgan fingerprint density at radius 3 is 2.88 bits per heavy atom. The molecule has 2 aromatic heterocycles. The molecule has 1 aliphatic rings. The molecule has 0 saturated carbocycles. The van der Waals surface area contributed by atoms with Crippen LogP contribution in [-0.2, 0) is 11.3 Å². The molecule has 1 fully saturated rings. The molecular weight excluding hydrogens is 332 g/mol. The van der Waals surface area contributed by atoms with E-state index < -0.39 is 0 Å². The van der Waals surface area contributed by atoms with Gasteiger partial charge in [-0.15, -0.1) is 0 Å². The van der Waals surface area contributed by atoms with Crippen molar-refractivity contribution in [3.8, 4) is 0 Å². The van der Waals surface area contributed by atoms with Crippen LogP contribution in [0.3, 0.4) is 0 Å². The predicted molar refractivity (Wildman–Crippen MR) is 95.4 cm³/mol. The van der Waals surface area contributed by atoms with E-state index in [1.165, 1.54) is 6.92 Å². The lowest BCUT2D eigenvalue weighted by molar-refractivity contribution is -0.119. The average Bonchev–Trinajstić information content (AvgIpc) is 3.29. The molecule has 2 amide bonds. The number of aromatic nitrogens is 2. The molecule has 1 N–H and O–H groups in total. The molecule has 3 rings (SSSR count). The normalized spacial score (nSPS) is 16.9. The first-order valence-corrected chi connectivity index (χ1v) is 8.93. The molecule has 0 bridgehead atoms. The van der Waals surface area contributed by atoms with Crippen molar-refractivity contribution in [2.75, 3.05) is 6.54 Å². The minimum atomic E-state index is -0.152. The van der Waals surface area contributed by atoms with Gasteiger partial charge < -0.3 is 14.7 Å². The fourth-order valence-corrected chi connectivity index (χ4v) is 3.12. The van der Waals surface area contributed by atoms with Gasteiger partial charge in [0.15, 0.2) is 0 Å². The molecule has 0 aliphatic carbocycles. The summed E-state index contributed by atoms with van der Waals surface area (Å²) >= 11 is 0. The van der Waals surface area contributed by atoms with Crippen LogP contribution in [0.2, 0.25) is 0 Å². The smallest absolute Gasteiger partial charge is 0.293 e. The summed E-state index contributed by atoms with van der Waals surface area (Å²) in [7, 11) is 0. The molecular formula is C19H24N4O3. The number of hydrogen-bond donors (Lipinski definition) is 1. The maximum Gasteiger partial charge on any atom is 0.293 e. The van der Waals surface area contributed by atoms with Gasteiger partial charge in [-0.25, -0.2) is 0 Å². The third kappa shape index (κ3) is 3.92. The van der Waals surface area contributed by atoms with Crippen LogP contribution in [0, 0.1) is 0 Å². The topological polar surface area (TPSA) is 88.3 Å². The van der Waals surface area contributed by atoms with E-state index in [-0.39, 0.29) is 29.5 Å². The van der Waals surface area contributed by atoms with Gasteiger partial charge >= 0.3 is 0 Å². The molecule has 1 unspecified atom stereocenters. The Labute approximate surface area is 152 Å². The second-order valence-electron chi connectivity index (χ2n) is 6.89. The number of carbonyl (C=O) groups is 2. The summed E-state index contributed by atoms with van der Waals surface area (Å²) < 4.78 is 5.26. The number of nitrogens with one attached hydrogen (secondary N) is 1. The maximum absolute atomic E-state index is 12.9. The first-order valence-electron chi connectivity index (χ1n) is 8.93. The van der Waals surface area contributed by atoms with Gasteiger partial charge in [0, 0.05) is 19.5 Å². The Bertz CT molecular complexity index is 800. The SMILES string of the molecule is CC(=O)NCc1cccc(C2CCCN2C(=O)c2cc(C(C)C)no2)n1. The van der Waals surface area contributed by atoms with Crippen LogP contribution in [0.5, 0.6) is 0 Å². The molecule has 1 aliphatic heterocycles. The Morgan fingerprint density at radius 1 is 1.38 bits per heavy atom. The van der Waals surface area contributed by atoms with E-state index in [0.29, 0.717) is 13.1 Å². The fraction of sp³-hybridized carbons (Fsp3) is 0.474. The van der Waals surface area contributed by atoms with Crippen LogP contribution in [0.15, 0.2) is 28.8 Å². The van der Waals surface area contributed by atoms with Crippen molar-refractivity contribution in [2.24, 2.45) is 0 Å². The van der Waals surface area contributed by atoms with Crippen molar-refractivity contribution >= 4 is 11.8 Å². The summed E-state index contributed by atoms with van der Waals surface area (Å²) in [6.45, 7) is 6.54. The van der Waals surface area contributed by atoms with Gasteiger partial charge in [0.2, 0.25) is 11.7 Å². The minimum absolute atomic E-state index is 0.0904. The van der Waals surface area contributed by atoms with Crippen LogP contribution in [-0.4, -0.2) is 33.4 Å². The van der Waals surface area contributed by atoms with Gasteiger partial charge in [-0.1, -0.05) is 25.1 Å². The van der Waals surface area contributed by atoms with Crippen molar-refractivity contribution in [1.82, 2.24) is 20.4 Å². The van der Waals surface area contributed by atoms with Crippen LogP contribution < -0.4 is 5.32 Å². The molecule has 1 atom stereocenters. The Kier molecular flexibility index (Phi) is 5.35. The lowest BCUT2D eigenvalue weighted by atomic mass is 10.1. The van der Waals surface area contributed by atoms with E-state index in [1.54, 1.807) is 11.0 Å². The van der Waals surface area contributed by atoms with E-state index in [1.807, 2.05) is 32.0 Å². The molecule has 1 saturated heterocycles. The number of likely N-dealkylation sites (tertiary alicyclic amines) is 1. The number of nitrogens with zero attached hydrogens (tertiary/aromatic N) is 3. The fourth-order valence-electron chi connectivity index (χ4n) is 3.12. The van der Waals surface area contributed by atoms with Crippen molar-refractivity contribution in [3.63, 3.8) is 0 Å². The van der Waals surface area contributed by atoms with Crippen molar-refractivity contribution in [1.29, 1.82) is 0 Å². The first kappa shape index (κ1) is 18.1. The lowest BCUT2D eigenvalue weighted by Gasteiger charge is -2.23. The number of amides is 2. The zero-order chi connectivity index (χ0) is 18.7. The molecule has 7 nitrogen and oxygen atoms in total. The highest BCUT2D eigenvalue weighted by atomic mass is 16.5. The highest BCUT2D eigenvalue weighted by Crippen LogP contribution is 2.32. The van der Waals surface area contributed by atoms with Gasteiger partial charge in [0.25, 0.3) is 5.91 Å². The number of pyridine rings is 1. The number of hydrogen-bond acceptors (Lipinski definition) is 5. The van der Waals surface area contributed by atoms with Crippen LogP contribution in [0.1, 0.15) is 73.2 Å². The minimum Gasteiger partial charge on any atom is -0.351 e. The summed E-state index contributed by atoms with van der Waals surface area (Å²) in [6, 6.07) is 7.33. The molecule has 0 radical (unpaired) electrons. The molecule has 2 aromatic rings. The third-order valence-electron chi connectivity index (χ3n) is 4.53. The summed E-state index contributed by atoms with van der Waals surface area (Å²) in [6.07, 6.45) is 1.77. The quantitative estimate of drug-likeness (QED) is 0.890. The standard InChI is InChI=1S/C19H24N4O3/c1-12(2)16-10-18(26-22-16)19(25)23-9-5-8-17(23)15-7-4-6-14(21-15)11-20-13(3)24/h4,6-7,10,12,17H,5,8-9,11H2,1-3H3,(H,20,24). The van der Waals surface area contributed by atoms with Gasteiger partial charge in [-0.2, -0.15) is 0 Å². The maximum atomic E-state index is 12.9. The van der Waals surface area contributed by atoms with Gasteiger partial charge in [0.05, 0.1) is 29.7 Å². The Hall–Kier alpha value is -2.70. The molecule has 26 heavy (non-hydrogen) atoms. The summed E-state index contributed by atoms with van der Waals surface area (Å²) in [5.74, 6) is 0.235. The van der Waals surface area contributed by atoms with Crippen molar-refractivity contribution in [3.05, 3.63) is 47.1 Å². The summed E-state index contributed by atoms with van der Waals surface area (Å²) in [5, 5.41) is 6.73. The largest absolute Gasteiger partial charge is 0.351 e. The lowest BCUT2D eigenvalue weighted by Crippen LogP contribution is -2.31.